The molecule has 1 fully saturated rings. The maximum absolute atomic E-state index is 13.6. The van der Waals surface area contributed by atoms with Crippen LogP contribution in [0.3, 0.4) is 0 Å². The third kappa shape index (κ3) is 34.0. The van der Waals surface area contributed by atoms with E-state index in [2.05, 4.69) is 43.6 Å². The number of aliphatic hydroxyl groups is 4. The summed E-state index contributed by atoms with van der Waals surface area (Å²) in [5.41, 5.74) is -5.29. The summed E-state index contributed by atoms with van der Waals surface area (Å²) in [7, 11) is 0. The maximum atomic E-state index is 13.6. The summed E-state index contributed by atoms with van der Waals surface area (Å²) >= 11 is 4.08. The third-order valence-corrected chi connectivity index (χ3v) is 19.8. The van der Waals surface area contributed by atoms with E-state index >= 15 is 0 Å². The fourth-order valence-corrected chi connectivity index (χ4v) is 14.3. The van der Waals surface area contributed by atoms with Gasteiger partial charge in [-0.2, -0.15) is 0 Å². The van der Waals surface area contributed by atoms with Crippen molar-refractivity contribution < 1.29 is 25.2 Å². The maximum Gasteiger partial charge on any atom is 0.154 e. The van der Waals surface area contributed by atoms with Gasteiger partial charge in [0.1, 0.15) is 22.9 Å². The molecule has 0 aromatic carbocycles. The number of aliphatic hydroxyl groups excluding tert-OH is 1. The highest BCUT2D eigenvalue weighted by Gasteiger charge is 2.74. The van der Waals surface area contributed by atoms with Crippen LogP contribution in [0.15, 0.2) is 0 Å². The van der Waals surface area contributed by atoms with Gasteiger partial charge < -0.3 is 25.2 Å². The van der Waals surface area contributed by atoms with Gasteiger partial charge in [0.05, 0.1) is 6.61 Å². The van der Waals surface area contributed by atoms with Gasteiger partial charge in [0.2, 0.25) is 0 Å². The van der Waals surface area contributed by atoms with Crippen LogP contribution in [0.5, 0.6) is 0 Å². The van der Waals surface area contributed by atoms with Crippen molar-refractivity contribution >= 4 is 15.9 Å². The fraction of sp³-hybridized carbons (Fsp3) is 1.00. The van der Waals surface area contributed by atoms with Crippen molar-refractivity contribution in [2.24, 2.45) is 0 Å². The molecular formula is C70H139BrO5. The molecule has 4 N–H and O–H groups in total. The zero-order valence-electron chi connectivity index (χ0n) is 52.3. The normalized spacial score (nSPS) is 21.8. The Bertz CT molecular complexity index is 1190. The van der Waals surface area contributed by atoms with Crippen LogP contribution in [0.4, 0.5) is 0 Å². The standard InChI is InChI=1S/C70H139BrO5/c1-5-9-13-17-21-25-29-33-37-41-45-49-53-57-61-67(73)66(65-72)76-70(71,64-60-56-52-48-44-40-36-32-28-24-20-16-12-8-4)69(75,63-59-55-51-47-43-39-35-31-27-23-19-15-11-7-3)68(67,74)62-58-54-50-46-42-38-34-30-26-22-18-14-10-6-2/h66,72-75H,5-65H2,1-4H3/t66-,67+,68+,69-,70+/m1/s1. The van der Waals surface area contributed by atoms with Crippen molar-refractivity contribution in [2.75, 3.05) is 6.61 Å². The SMILES string of the molecule is CCCCCCCCCCCCCCCC[C@@]1(O)[C@](O)(CCCCCCCCCCCCCCCC)[C@](O)(CCCCCCCCCCCCCCCC)[C@@H](CO)O[C@@]1(Br)CCCCCCCCCCCCCCCC. The Morgan fingerprint density at radius 3 is 0.671 bits per heavy atom. The zero-order chi connectivity index (χ0) is 55.4. The topological polar surface area (TPSA) is 90.2 Å². The molecule has 1 saturated heterocycles. The largest absolute Gasteiger partial charge is 0.394 e. The highest BCUT2D eigenvalue weighted by molar-refractivity contribution is 9.10. The van der Waals surface area contributed by atoms with Crippen molar-refractivity contribution in [1.82, 2.24) is 0 Å². The van der Waals surface area contributed by atoms with Gasteiger partial charge in [0.25, 0.3) is 0 Å². The summed E-state index contributed by atoms with van der Waals surface area (Å²) in [6.45, 7) is 8.78. The van der Waals surface area contributed by atoms with Gasteiger partial charge in [-0.25, -0.2) is 0 Å². The molecule has 1 rings (SSSR count). The molecule has 6 heteroatoms. The number of hydrogen-bond donors (Lipinski definition) is 4. The van der Waals surface area contributed by atoms with Crippen molar-refractivity contribution in [3.05, 3.63) is 0 Å². The Balaban J connectivity index is 3.08. The lowest BCUT2D eigenvalue weighted by Crippen LogP contribution is -2.82. The highest BCUT2D eigenvalue weighted by atomic mass is 79.9. The number of unbranched alkanes of at least 4 members (excludes halogenated alkanes) is 52. The van der Waals surface area contributed by atoms with Crippen molar-refractivity contribution in [1.29, 1.82) is 0 Å². The Labute approximate surface area is 485 Å². The molecule has 0 radical (unpaired) electrons. The summed E-state index contributed by atoms with van der Waals surface area (Å²) in [6, 6.07) is 0. The summed E-state index contributed by atoms with van der Waals surface area (Å²) in [5.74, 6) is 0. The second-order valence-electron chi connectivity index (χ2n) is 25.5. The van der Waals surface area contributed by atoms with E-state index in [0.29, 0.717) is 25.7 Å². The van der Waals surface area contributed by atoms with E-state index in [0.717, 1.165) is 77.0 Å². The molecule has 0 aromatic heterocycles. The van der Waals surface area contributed by atoms with E-state index in [9.17, 15) is 20.4 Å². The molecule has 0 aliphatic carbocycles. The van der Waals surface area contributed by atoms with Crippen LogP contribution in [0.2, 0.25) is 0 Å². The van der Waals surface area contributed by atoms with Crippen LogP contribution in [0.1, 0.15) is 413 Å². The summed E-state index contributed by atoms with van der Waals surface area (Å²) in [4.78, 5) is 0. The van der Waals surface area contributed by atoms with Crippen molar-refractivity contribution in [2.45, 2.75) is 440 Å². The van der Waals surface area contributed by atoms with Crippen LogP contribution in [0, 0.1) is 0 Å². The lowest BCUT2D eigenvalue weighted by atomic mass is 9.58. The minimum atomic E-state index is -1.82. The number of ether oxygens (including phenoxy) is 1. The van der Waals surface area contributed by atoms with Gasteiger partial charge in [-0.3, -0.25) is 0 Å². The van der Waals surface area contributed by atoms with E-state index in [4.69, 9.17) is 4.74 Å². The first kappa shape index (κ1) is 74.3. The van der Waals surface area contributed by atoms with Crippen molar-refractivity contribution in [3.8, 4) is 0 Å². The van der Waals surface area contributed by atoms with Gasteiger partial charge in [-0.1, -0.05) is 397 Å². The van der Waals surface area contributed by atoms with Crippen LogP contribution in [-0.2, 0) is 4.74 Å². The zero-order valence-corrected chi connectivity index (χ0v) is 53.9. The van der Waals surface area contributed by atoms with Gasteiger partial charge in [-0.05, 0) is 32.1 Å². The lowest BCUT2D eigenvalue weighted by molar-refractivity contribution is -0.373. The minimum absolute atomic E-state index is 0.321. The highest BCUT2D eigenvalue weighted by Crippen LogP contribution is 2.59. The second-order valence-corrected chi connectivity index (χ2v) is 26.8. The third-order valence-electron chi connectivity index (χ3n) is 18.6. The molecule has 5 nitrogen and oxygen atoms in total. The molecule has 76 heavy (non-hydrogen) atoms. The predicted molar refractivity (Wildman–Crippen MR) is 338 cm³/mol. The van der Waals surface area contributed by atoms with Gasteiger partial charge >= 0.3 is 0 Å². The molecule has 0 saturated carbocycles. The molecule has 456 valence electrons. The van der Waals surface area contributed by atoms with Crippen LogP contribution in [-0.4, -0.2) is 54.5 Å². The molecule has 5 atom stereocenters. The first-order chi connectivity index (χ1) is 37.2. The number of alkyl halides is 1. The first-order valence-corrected chi connectivity index (χ1v) is 36.1. The van der Waals surface area contributed by atoms with E-state index in [1.807, 2.05) is 0 Å². The molecule has 0 amide bonds. The van der Waals surface area contributed by atoms with Crippen LogP contribution in [0.25, 0.3) is 0 Å². The van der Waals surface area contributed by atoms with E-state index < -0.39 is 27.4 Å². The van der Waals surface area contributed by atoms with E-state index in [-0.39, 0.29) is 6.61 Å². The molecule has 1 aliphatic heterocycles. The van der Waals surface area contributed by atoms with E-state index in [1.165, 1.54) is 283 Å². The minimum Gasteiger partial charge on any atom is -0.394 e. The van der Waals surface area contributed by atoms with Gasteiger partial charge in [-0.15, -0.1) is 0 Å². The number of hydrogen-bond acceptors (Lipinski definition) is 5. The van der Waals surface area contributed by atoms with Gasteiger partial charge in [0.15, 0.2) is 4.51 Å². The Morgan fingerprint density at radius 2 is 0.447 bits per heavy atom. The van der Waals surface area contributed by atoms with Gasteiger partial charge in [0, 0.05) is 0 Å². The number of rotatable bonds is 61. The fourth-order valence-electron chi connectivity index (χ4n) is 13.3. The monoisotopic (exact) mass is 1140 g/mol. The number of halogens is 1. The Hall–Kier alpha value is 0.280. The summed E-state index contributed by atoms with van der Waals surface area (Å²) in [5, 5.41) is 51.6. The molecular weight excluding hydrogens is 1000 g/mol. The molecule has 1 aliphatic rings. The molecule has 1 heterocycles. The molecule has 0 spiro atoms. The Kier molecular flexibility index (Phi) is 50.9. The van der Waals surface area contributed by atoms with E-state index in [1.54, 1.807) is 0 Å². The van der Waals surface area contributed by atoms with Crippen LogP contribution >= 0.6 is 15.9 Å². The average molecular weight is 1140 g/mol. The first-order valence-electron chi connectivity index (χ1n) is 35.3. The smallest absolute Gasteiger partial charge is 0.154 e. The summed E-state index contributed by atoms with van der Waals surface area (Å²) in [6.07, 6.45) is 71.2. The molecule has 0 unspecified atom stereocenters. The van der Waals surface area contributed by atoms with Crippen molar-refractivity contribution in [3.63, 3.8) is 0 Å². The lowest BCUT2D eigenvalue weighted by Gasteiger charge is -2.65. The molecule has 0 aromatic rings. The quantitative estimate of drug-likeness (QED) is 0.0360. The second kappa shape index (κ2) is 52.1. The van der Waals surface area contributed by atoms with Crippen LogP contribution < -0.4 is 0 Å². The molecule has 0 bridgehead atoms. The summed E-state index contributed by atoms with van der Waals surface area (Å²) < 4.78 is 5.68. The average Bonchev–Trinajstić information content (AvgIpc) is 3.42. The Morgan fingerprint density at radius 1 is 0.263 bits per heavy atom. The predicted octanol–water partition coefficient (Wildman–Crippen LogP) is 23.1.